The van der Waals surface area contributed by atoms with Crippen molar-refractivity contribution in [2.75, 3.05) is 19.8 Å². The molecule has 1 aliphatic heterocycles. The number of nitrogens with two attached hydrogens (primary N) is 1. The summed E-state index contributed by atoms with van der Waals surface area (Å²) in [6.45, 7) is 0.590. The van der Waals surface area contributed by atoms with Crippen LogP contribution >= 0.6 is 0 Å². The van der Waals surface area contributed by atoms with Crippen LogP contribution in [-0.2, 0) is 16.0 Å². The number of rotatable bonds is 9. The predicted molar refractivity (Wildman–Crippen MR) is 83.0 cm³/mol. The third-order valence-electron chi connectivity index (χ3n) is 3.24. The maximum atomic E-state index is 11.4. The number of hydrogen-bond acceptors (Lipinski definition) is 7. The molecule has 2 rings (SSSR count). The lowest BCUT2D eigenvalue weighted by atomic mass is 10.1. The summed E-state index contributed by atoms with van der Waals surface area (Å²) >= 11 is 0. The number of phenolic OH excluding ortho intramolecular Hbond substituents is 1. The zero-order valence-electron chi connectivity index (χ0n) is 12.7. The topological polar surface area (TPSA) is 106 Å². The summed E-state index contributed by atoms with van der Waals surface area (Å²) < 4.78 is 10.6. The molecule has 0 saturated heterocycles. The molecule has 0 saturated carbocycles. The number of aromatic hydroxyl groups is 1. The highest BCUT2D eigenvalue weighted by Gasteiger charge is 2.43. The Labute approximate surface area is 134 Å². The molecule has 0 aromatic heterocycles. The normalized spacial score (nSPS) is 14.1. The molecule has 0 amide bonds. The molecule has 7 heteroatoms. The third-order valence-corrected chi connectivity index (χ3v) is 3.24. The van der Waals surface area contributed by atoms with Crippen LogP contribution < -0.4 is 10.5 Å². The molecule has 3 N–H and O–H groups in total. The van der Waals surface area contributed by atoms with Crippen LogP contribution in [-0.4, -0.2) is 36.5 Å². The molecule has 0 atom stereocenters. The van der Waals surface area contributed by atoms with Crippen molar-refractivity contribution < 1.29 is 19.4 Å². The Bertz CT molecular complexity index is 631. The van der Waals surface area contributed by atoms with Gasteiger partial charge in [-0.1, -0.05) is 6.07 Å². The lowest BCUT2D eigenvalue weighted by Gasteiger charge is -2.14. The number of hydrogen-bond donors (Lipinski definition) is 2. The van der Waals surface area contributed by atoms with Gasteiger partial charge in [-0.2, -0.15) is 10.2 Å². The number of carbonyl (C=O) groups excluding carboxylic acids is 1. The number of nitrogens with zero attached hydrogens (tertiary/aromatic N) is 2. The second-order valence-electron chi connectivity index (χ2n) is 5.18. The number of esters is 1. The monoisotopic (exact) mass is 317 g/mol. The van der Waals surface area contributed by atoms with Gasteiger partial charge in [-0.05, 0) is 30.7 Å². The molecule has 0 unspecified atom stereocenters. The Kier molecular flexibility index (Phi) is 5.55. The molecule has 1 aromatic rings. The first-order valence-corrected chi connectivity index (χ1v) is 7.26. The first-order valence-electron chi connectivity index (χ1n) is 7.26. The van der Waals surface area contributed by atoms with Gasteiger partial charge in [-0.15, -0.1) is 12.3 Å². The van der Waals surface area contributed by atoms with Crippen LogP contribution in [0.3, 0.4) is 0 Å². The van der Waals surface area contributed by atoms with Crippen LogP contribution in [0, 0.1) is 12.3 Å². The molecule has 7 nitrogen and oxygen atoms in total. The average molecular weight is 317 g/mol. The molecule has 0 bridgehead atoms. The van der Waals surface area contributed by atoms with E-state index in [0.717, 1.165) is 5.56 Å². The van der Waals surface area contributed by atoms with Gasteiger partial charge in [0.25, 0.3) is 5.66 Å². The molecule has 1 aromatic carbocycles. The highest BCUT2D eigenvalue weighted by atomic mass is 16.5. The SMILES string of the molecule is C#CCCC(=O)OCC1(COc2ccc(CCN)cc2O)N=N1. The smallest absolute Gasteiger partial charge is 0.306 e. The van der Waals surface area contributed by atoms with Gasteiger partial charge in [0.1, 0.15) is 13.2 Å². The van der Waals surface area contributed by atoms with Crippen LogP contribution in [0.15, 0.2) is 28.4 Å². The predicted octanol–water partition coefficient (Wildman–Crippen LogP) is 1.39. The fourth-order valence-corrected chi connectivity index (χ4v) is 1.87. The van der Waals surface area contributed by atoms with Crippen molar-refractivity contribution in [3.63, 3.8) is 0 Å². The van der Waals surface area contributed by atoms with Gasteiger partial charge >= 0.3 is 5.97 Å². The molecular weight excluding hydrogens is 298 g/mol. The summed E-state index contributed by atoms with van der Waals surface area (Å²) in [5.41, 5.74) is 5.52. The minimum atomic E-state index is -0.881. The number of carbonyl (C=O) groups is 1. The van der Waals surface area contributed by atoms with Crippen LogP contribution in [0.5, 0.6) is 11.5 Å². The summed E-state index contributed by atoms with van der Waals surface area (Å²) in [5, 5.41) is 17.6. The molecule has 0 aliphatic carbocycles. The van der Waals surface area contributed by atoms with Gasteiger partial charge in [0.2, 0.25) is 0 Å². The molecular formula is C16H19N3O4. The van der Waals surface area contributed by atoms with Crippen molar-refractivity contribution in [3.05, 3.63) is 23.8 Å². The maximum absolute atomic E-state index is 11.4. The zero-order chi connectivity index (χ0) is 16.7. The van der Waals surface area contributed by atoms with Crippen LogP contribution in [0.25, 0.3) is 0 Å². The molecule has 0 radical (unpaired) electrons. The summed E-state index contributed by atoms with van der Waals surface area (Å²) in [6, 6.07) is 5.10. The fraction of sp³-hybridized carbons (Fsp3) is 0.438. The van der Waals surface area contributed by atoms with E-state index < -0.39 is 11.6 Å². The largest absolute Gasteiger partial charge is 0.504 e. The van der Waals surface area contributed by atoms with Crippen LogP contribution in [0.1, 0.15) is 18.4 Å². The number of ether oxygens (including phenoxy) is 2. The molecule has 0 spiro atoms. The van der Waals surface area contributed by atoms with Gasteiger partial charge in [-0.3, -0.25) is 4.79 Å². The Balaban J connectivity index is 1.81. The Morgan fingerprint density at radius 2 is 2.17 bits per heavy atom. The second-order valence-corrected chi connectivity index (χ2v) is 5.18. The highest BCUT2D eigenvalue weighted by molar-refractivity contribution is 5.69. The van der Waals surface area contributed by atoms with Crippen molar-refractivity contribution >= 4 is 5.97 Å². The van der Waals surface area contributed by atoms with E-state index in [-0.39, 0.29) is 25.4 Å². The quantitative estimate of drug-likeness (QED) is 0.529. The van der Waals surface area contributed by atoms with E-state index in [4.69, 9.17) is 21.6 Å². The van der Waals surface area contributed by atoms with Crippen molar-refractivity contribution in [1.29, 1.82) is 0 Å². The molecule has 23 heavy (non-hydrogen) atoms. The van der Waals surface area contributed by atoms with E-state index >= 15 is 0 Å². The van der Waals surface area contributed by atoms with Crippen molar-refractivity contribution in [3.8, 4) is 23.8 Å². The molecule has 122 valence electrons. The van der Waals surface area contributed by atoms with E-state index in [1.54, 1.807) is 12.1 Å². The summed E-state index contributed by atoms with van der Waals surface area (Å²) in [5.74, 6) is 2.32. The highest BCUT2D eigenvalue weighted by Crippen LogP contribution is 2.32. The van der Waals surface area contributed by atoms with Gasteiger partial charge < -0.3 is 20.3 Å². The number of terminal acetylenes is 1. The molecule has 1 aliphatic rings. The minimum Gasteiger partial charge on any atom is -0.504 e. The second kappa shape index (κ2) is 7.61. The summed E-state index contributed by atoms with van der Waals surface area (Å²) in [4.78, 5) is 11.4. The van der Waals surface area contributed by atoms with Gasteiger partial charge in [0.05, 0.1) is 6.42 Å². The zero-order valence-corrected chi connectivity index (χ0v) is 12.7. The van der Waals surface area contributed by atoms with E-state index in [1.807, 2.05) is 6.07 Å². The minimum absolute atomic E-state index is 0.00240. The molecule has 1 heterocycles. The van der Waals surface area contributed by atoms with Gasteiger partial charge in [0.15, 0.2) is 11.5 Å². The number of benzene rings is 1. The van der Waals surface area contributed by atoms with Gasteiger partial charge in [-0.25, -0.2) is 0 Å². The van der Waals surface area contributed by atoms with Gasteiger partial charge in [0, 0.05) is 6.42 Å². The van der Waals surface area contributed by atoms with Crippen molar-refractivity contribution in [1.82, 2.24) is 0 Å². The average Bonchev–Trinajstić information content (AvgIpc) is 3.31. The van der Waals surface area contributed by atoms with E-state index in [0.29, 0.717) is 25.1 Å². The first-order chi connectivity index (χ1) is 11.1. The Morgan fingerprint density at radius 1 is 1.39 bits per heavy atom. The lowest BCUT2D eigenvalue weighted by Crippen LogP contribution is -2.29. The fourth-order valence-electron chi connectivity index (χ4n) is 1.87. The van der Waals surface area contributed by atoms with Crippen LogP contribution in [0.4, 0.5) is 0 Å². The molecule has 0 fully saturated rings. The van der Waals surface area contributed by atoms with E-state index in [9.17, 15) is 9.90 Å². The Hall–Kier alpha value is -2.59. The lowest BCUT2D eigenvalue weighted by molar-refractivity contribution is -0.144. The standard InChI is InChI=1S/C16H19N3O4/c1-2-3-4-15(21)23-11-16(18-19-16)10-22-14-6-5-12(7-8-17)9-13(14)20/h1,5-6,9,20H,3-4,7-8,10-11,17H2. The number of phenols is 1. The first kappa shape index (κ1) is 16.8. The summed E-state index contributed by atoms with van der Waals surface area (Å²) in [6.07, 6.45) is 6.25. The van der Waals surface area contributed by atoms with Crippen molar-refractivity contribution in [2.45, 2.75) is 24.9 Å². The summed E-state index contributed by atoms with van der Waals surface area (Å²) in [7, 11) is 0. The Morgan fingerprint density at radius 3 is 2.78 bits per heavy atom. The third kappa shape index (κ3) is 4.97. The van der Waals surface area contributed by atoms with E-state index in [2.05, 4.69) is 16.1 Å². The maximum Gasteiger partial charge on any atom is 0.306 e. The van der Waals surface area contributed by atoms with Crippen LogP contribution in [0.2, 0.25) is 0 Å². The van der Waals surface area contributed by atoms with Crippen molar-refractivity contribution in [2.24, 2.45) is 16.0 Å². The van der Waals surface area contributed by atoms with E-state index in [1.165, 1.54) is 0 Å².